The van der Waals surface area contributed by atoms with E-state index in [1.54, 1.807) is 0 Å². The fourth-order valence-electron chi connectivity index (χ4n) is 6.21. The average Bonchev–Trinajstić information content (AvgIpc) is 2.84. The fourth-order valence-corrected chi connectivity index (χ4v) is 6.21. The molecule has 2 rings (SSSR count). The maximum Gasteiger partial charge on any atom is 0.0586 e. The zero-order valence-electron chi connectivity index (χ0n) is 27.8. The number of aliphatic hydroxyl groups is 2. The third-order valence-electron chi connectivity index (χ3n) is 8.26. The van der Waals surface area contributed by atoms with Gasteiger partial charge >= 0.3 is 0 Å². The summed E-state index contributed by atoms with van der Waals surface area (Å²) in [4.78, 5) is 0. The van der Waals surface area contributed by atoms with E-state index in [2.05, 4.69) is 135 Å². The molecule has 2 nitrogen and oxygen atoms in total. The van der Waals surface area contributed by atoms with E-state index < -0.39 is 0 Å². The number of rotatable bonds is 6. The maximum atomic E-state index is 10.1. The molecule has 0 radical (unpaired) electrons. The van der Waals surface area contributed by atoms with Gasteiger partial charge in [0.2, 0.25) is 0 Å². The first-order valence-electron chi connectivity index (χ1n) is 15.4. The van der Waals surface area contributed by atoms with Gasteiger partial charge in [0, 0.05) is 16.9 Å². The van der Waals surface area contributed by atoms with E-state index in [0.717, 1.165) is 42.4 Å². The molecule has 2 N–H and O–H groups in total. The molecule has 4 atom stereocenters. The Bertz CT molecular complexity index is 1320. The van der Waals surface area contributed by atoms with Crippen LogP contribution in [0.1, 0.15) is 94.9 Å². The van der Waals surface area contributed by atoms with Gasteiger partial charge in [-0.05, 0) is 82.8 Å². The second kappa shape index (κ2) is 16.0. The number of hydrogen-bond donors (Lipinski definition) is 2. The molecule has 0 saturated heterocycles. The largest absolute Gasteiger partial charge is 0.393 e. The van der Waals surface area contributed by atoms with Crippen molar-refractivity contribution >= 4 is 0 Å². The van der Waals surface area contributed by atoms with E-state index in [0.29, 0.717) is 11.8 Å². The van der Waals surface area contributed by atoms with E-state index in [4.69, 9.17) is 0 Å². The van der Waals surface area contributed by atoms with E-state index in [1.807, 2.05) is 19.1 Å². The van der Waals surface area contributed by atoms with Crippen LogP contribution in [0, 0.1) is 46.3 Å². The summed E-state index contributed by atoms with van der Waals surface area (Å²) in [6.45, 7) is 21.3. The molecular formula is C40H54O2. The molecule has 42 heavy (non-hydrogen) atoms. The van der Waals surface area contributed by atoms with Crippen LogP contribution in [-0.2, 0) is 0 Å². The molecule has 0 heterocycles. The second-order valence-electron chi connectivity index (χ2n) is 13.8. The topological polar surface area (TPSA) is 40.5 Å². The fraction of sp³-hybridized carbons (Fsp3) is 0.500. The SMILES string of the molecule is CC1=C(C#C/C(C)=C/C=C/C(C)=C/C=C/C=C(C)/C=C/C=C(\C)C#C[C@@H]2[C@H](C)C[C@@H](O)CC2(C)C)C(C)(C)C[C@H](O)C1. The van der Waals surface area contributed by atoms with Crippen molar-refractivity contribution in [3.8, 4) is 23.7 Å². The summed E-state index contributed by atoms with van der Waals surface area (Å²) in [5, 5.41) is 20.2. The van der Waals surface area contributed by atoms with Gasteiger partial charge in [-0.25, -0.2) is 0 Å². The summed E-state index contributed by atoms with van der Waals surface area (Å²) >= 11 is 0. The molecule has 0 amide bonds. The van der Waals surface area contributed by atoms with Crippen molar-refractivity contribution < 1.29 is 10.2 Å². The van der Waals surface area contributed by atoms with Crippen molar-refractivity contribution in [3.63, 3.8) is 0 Å². The van der Waals surface area contributed by atoms with Gasteiger partial charge in [0.1, 0.15) is 0 Å². The first-order chi connectivity index (χ1) is 19.6. The van der Waals surface area contributed by atoms with Crippen molar-refractivity contribution in [2.75, 3.05) is 0 Å². The highest BCUT2D eigenvalue weighted by Gasteiger charge is 2.39. The minimum atomic E-state index is -0.261. The molecule has 2 aliphatic carbocycles. The Morgan fingerprint density at radius 3 is 1.83 bits per heavy atom. The Kier molecular flexibility index (Phi) is 13.4. The lowest BCUT2D eigenvalue weighted by molar-refractivity contribution is 0.0113. The van der Waals surface area contributed by atoms with Gasteiger partial charge in [-0.2, -0.15) is 0 Å². The molecule has 0 bridgehead atoms. The summed E-state index contributed by atoms with van der Waals surface area (Å²) < 4.78 is 0. The summed E-state index contributed by atoms with van der Waals surface area (Å²) in [6, 6.07) is 0. The molecule has 2 heteroatoms. The van der Waals surface area contributed by atoms with Gasteiger partial charge < -0.3 is 10.2 Å². The van der Waals surface area contributed by atoms with Crippen molar-refractivity contribution in [2.24, 2.45) is 22.7 Å². The third kappa shape index (κ3) is 11.7. The van der Waals surface area contributed by atoms with E-state index >= 15 is 0 Å². The molecule has 0 aromatic carbocycles. The summed E-state index contributed by atoms with van der Waals surface area (Å²) in [7, 11) is 0. The first kappa shape index (κ1) is 35.2. The molecular weight excluding hydrogens is 512 g/mol. The molecule has 2 aliphatic rings. The number of hydrogen-bond acceptors (Lipinski definition) is 2. The second-order valence-corrected chi connectivity index (χ2v) is 13.8. The average molecular weight is 567 g/mol. The van der Waals surface area contributed by atoms with Crippen LogP contribution in [0.15, 0.2) is 94.2 Å². The lowest BCUT2D eigenvalue weighted by atomic mass is 9.63. The lowest BCUT2D eigenvalue weighted by Crippen LogP contribution is -2.39. The number of allylic oxidation sites excluding steroid dienone is 15. The van der Waals surface area contributed by atoms with Crippen LogP contribution in [0.2, 0.25) is 0 Å². The number of aliphatic hydroxyl groups excluding tert-OH is 2. The highest BCUT2D eigenvalue weighted by Crippen LogP contribution is 2.43. The van der Waals surface area contributed by atoms with Crippen molar-refractivity contribution in [1.29, 1.82) is 0 Å². The van der Waals surface area contributed by atoms with Gasteiger partial charge in [0.25, 0.3) is 0 Å². The molecule has 0 aromatic rings. The standard InChI is InChI=1S/C40H54O2/c1-29(17-13-19-31(3)21-23-37-33(5)25-35(41)27-39(37,7)8)15-11-12-16-30(2)18-14-20-32(4)22-24-38-34(6)26-36(42)28-40(38,9)10/h11-20,33,35-37,41-42H,25-28H2,1-10H3/b12-11+,17-13+,18-14+,29-15+,30-16+,31-19+,32-20+/t33-,35-,36-,37-/m1/s1. The predicted molar refractivity (Wildman–Crippen MR) is 181 cm³/mol. The van der Waals surface area contributed by atoms with Crippen LogP contribution >= 0.6 is 0 Å². The van der Waals surface area contributed by atoms with Crippen LogP contribution in [0.25, 0.3) is 0 Å². The normalized spacial score (nSPS) is 27.3. The van der Waals surface area contributed by atoms with Gasteiger partial charge in [-0.3, -0.25) is 0 Å². The van der Waals surface area contributed by atoms with Crippen LogP contribution in [-0.4, -0.2) is 22.4 Å². The smallest absolute Gasteiger partial charge is 0.0586 e. The highest BCUT2D eigenvalue weighted by atomic mass is 16.3. The van der Waals surface area contributed by atoms with Gasteiger partial charge in [-0.15, -0.1) is 0 Å². The highest BCUT2D eigenvalue weighted by molar-refractivity contribution is 5.45. The minimum absolute atomic E-state index is 0.0364. The zero-order valence-corrected chi connectivity index (χ0v) is 27.8. The summed E-state index contributed by atoms with van der Waals surface area (Å²) in [5.41, 5.74) is 6.72. The van der Waals surface area contributed by atoms with Gasteiger partial charge in [-0.1, -0.05) is 136 Å². The molecule has 0 aliphatic heterocycles. The molecule has 1 saturated carbocycles. The molecule has 0 spiro atoms. The Hall–Kier alpha value is -3.04. The monoisotopic (exact) mass is 566 g/mol. The lowest BCUT2D eigenvalue weighted by Gasteiger charge is -2.42. The Morgan fingerprint density at radius 2 is 1.31 bits per heavy atom. The van der Waals surface area contributed by atoms with Gasteiger partial charge in [0.15, 0.2) is 0 Å². The zero-order chi connectivity index (χ0) is 31.5. The van der Waals surface area contributed by atoms with Crippen molar-refractivity contribution in [1.82, 2.24) is 0 Å². The van der Waals surface area contributed by atoms with Crippen LogP contribution in [0.3, 0.4) is 0 Å². The van der Waals surface area contributed by atoms with E-state index in [-0.39, 0.29) is 23.0 Å². The van der Waals surface area contributed by atoms with E-state index in [9.17, 15) is 10.2 Å². The van der Waals surface area contributed by atoms with Crippen LogP contribution in [0.5, 0.6) is 0 Å². The van der Waals surface area contributed by atoms with E-state index in [1.165, 1.54) is 16.7 Å². The third-order valence-corrected chi connectivity index (χ3v) is 8.26. The first-order valence-corrected chi connectivity index (χ1v) is 15.4. The quantitative estimate of drug-likeness (QED) is 0.248. The minimum Gasteiger partial charge on any atom is -0.393 e. The predicted octanol–water partition coefficient (Wildman–Crippen LogP) is 9.38. The Morgan fingerprint density at radius 1 is 0.762 bits per heavy atom. The molecule has 226 valence electrons. The summed E-state index contributed by atoms with van der Waals surface area (Å²) in [5.74, 6) is 14.2. The molecule has 1 fully saturated rings. The molecule has 0 aromatic heterocycles. The Balaban J connectivity index is 1.91. The van der Waals surface area contributed by atoms with Crippen LogP contribution < -0.4 is 0 Å². The summed E-state index contributed by atoms with van der Waals surface area (Å²) in [6.07, 6.45) is 23.4. The maximum absolute atomic E-state index is 10.1. The van der Waals surface area contributed by atoms with Crippen LogP contribution in [0.4, 0.5) is 0 Å². The van der Waals surface area contributed by atoms with Crippen molar-refractivity contribution in [2.45, 2.75) is 107 Å². The van der Waals surface area contributed by atoms with Crippen molar-refractivity contribution in [3.05, 3.63) is 94.2 Å². The molecule has 0 unspecified atom stereocenters. The van der Waals surface area contributed by atoms with Gasteiger partial charge in [0.05, 0.1) is 12.2 Å². The Labute approximate surface area is 257 Å².